The summed E-state index contributed by atoms with van der Waals surface area (Å²) in [5, 5.41) is 12.7. The second kappa shape index (κ2) is 8.22. The molecule has 6 heteroatoms. The third-order valence-electron chi connectivity index (χ3n) is 5.01. The minimum atomic E-state index is 0.259. The number of furan rings is 1. The molecule has 0 atom stereocenters. The summed E-state index contributed by atoms with van der Waals surface area (Å²) in [6.45, 7) is 2.31. The van der Waals surface area contributed by atoms with Gasteiger partial charge in [0.2, 0.25) is 11.6 Å². The molecule has 0 bridgehead atoms. The predicted octanol–water partition coefficient (Wildman–Crippen LogP) is 5.44. The molecule has 1 aliphatic rings. The molecule has 1 saturated carbocycles. The van der Waals surface area contributed by atoms with Gasteiger partial charge in [-0.25, -0.2) is 0 Å². The van der Waals surface area contributed by atoms with Gasteiger partial charge in [0, 0.05) is 6.04 Å². The van der Waals surface area contributed by atoms with E-state index in [1.165, 1.54) is 19.3 Å². The Morgan fingerprint density at radius 1 is 1.14 bits per heavy atom. The monoisotopic (exact) mass is 377 g/mol. The zero-order chi connectivity index (χ0) is 19.3. The van der Waals surface area contributed by atoms with Crippen LogP contribution in [0.2, 0.25) is 0 Å². The van der Waals surface area contributed by atoms with Crippen molar-refractivity contribution in [2.24, 2.45) is 0 Å². The van der Waals surface area contributed by atoms with Crippen LogP contribution < -0.4 is 10.1 Å². The van der Waals surface area contributed by atoms with Crippen molar-refractivity contribution in [3.8, 4) is 23.5 Å². The topological polar surface area (TPSA) is 84.2 Å². The number of nitrogens with one attached hydrogen (secondary N) is 1. The van der Waals surface area contributed by atoms with Gasteiger partial charge in [0.05, 0.1) is 0 Å². The van der Waals surface area contributed by atoms with Crippen LogP contribution in [0.25, 0.3) is 11.7 Å². The van der Waals surface area contributed by atoms with Crippen molar-refractivity contribution in [2.45, 2.75) is 51.7 Å². The maximum Gasteiger partial charge on any atom is 0.266 e. The quantitative estimate of drug-likeness (QED) is 0.616. The molecule has 1 fully saturated rings. The number of aromatic nitrogens is 1. The molecule has 0 unspecified atom stereocenters. The first-order chi connectivity index (χ1) is 13.7. The Bertz CT molecular complexity index is 977. The smallest absolute Gasteiger partial charge is 0.266 e. The predicted molar refractivity (Wildman–Crippen MR) is 105 cm³/mol. The molecule has 2 heterocycles. The fourth-order valence-corrected chi connectivity index (χ4v) is 3.47. The Labute approximate surface area is 164 Å². The Kier molecular flexibility index (Phi) is 5.34. The largest absolute Gasteiger partial charge is 0.485 e. The third-order valence-corrected chi connectivity index (χ3v) is 5.01. The van der Waals surface area contributed by atoms with Gasteiger partial charge in [0.25, 0.3) is 5.89 Å². The van der Waals surface area contributed by atoms with E-state index >= 15 is 0 Å². The van der Waals surface area contributed by atoms with Crippen LogP contribution in [0.3, 0.4) is 0 Å². The third kappa shape index (κ3) is 4.04. The van der Waals surface area contributed by atoms with Crippen molar-refractivity contribution in [3.05, 3.63) is 53.4 Å². The van der Waals surface area contributed by atoms with Gasteiger partial charge < -0.3 is 18.9 Å². The number of hydrogen-bond acceptors (Lipinski definition) is 6. The molecule has 28 heavy (non-hydrogen) atoms. The van der Waals surface area contributed by atoms with Crippen molar-refractivity contribution in [1.82, 2.24) is 4.98 Å². The molecule has 6 nitrogen and oxygen atoms in total. The van der Waals surface area contributed by atoms with Crippen molar-refractivity contribution in [1.29, 1.82) is 5.26 Å². The Morgan fingerprint density at radius 2 is 1.96 bits per heavy atom. The van der Waals surface area contributed by atoms with Gasteiger partial charge in [-0.1, -0.05) is 37.5 Å². The van der Waals surface area contributed by atoms with E-state index in [0.717, 1.165) is 24.2 Å². The highest BCUT2D eigenvalue weighted by Crippen LogP contribution is 2.30. The molecule has 2 aromatic heterocycles. The highest BCUT2D eigenvalue weighted by molar-refractivity contribution is 5.55. The van der Waals surface area contributed by atoms with Crippen LogP contribution in [-0.4, -0.2) is 11.0 Å². The summed E-state index contributed by atoms with van der Waals surface area (Å²) in [7, 11) is 0. The second-order valence-electron chi connectivity index (χ2n) is 7.11. The van der Waals surface area contributed by atoms with E-state index < -0.39 is 0 Å². The lowest BCUT2D eigenvalue weighted by Crippen LogP contribution is -2.22. The standard InChI is InChI=1S/C22H23N3O3/c1-15-7-5-6-10-19(15)26-14-17-11-12-20(27-17)22-25-18(13-23)21(28-22)24-16-8-3-2-4-9-16/h5-7,10-12,16,24H,2-4,8-9,14H2,1H3. The summed E-state index contributed by atoms with van der Waals surface area (Å²) < 4.78 is 17.4. The van der Waals surface area contributed by atoms with Gasteiger partial charge >= 0.3 is 0 Å². The summed E-state index contributed by atoms with van der Waals surface area (Å²) >= 11 is 0. The van der Waals surface area contributed by atoms with Crippen molar-refractivity contribution in [3.63, 3.8) is 0 Å². The minimum absolute atomic E-state index is 0.259. The molecule has 0 saturated heterocycles. The van der Waals surface area contributed by atoms with E-state index in [2.05, 4.69) is 16.4 Å². The highest BCUT2D eigenvalue weighted by atomic mass is 16.5. The van der Waals surface area contributed by atoms with E-state index in [4.69, 9.17) is 13.6 Å². The molecule has 0 amide bonds. The number of nitrogens with zero attached hydrogens (tertiary/aromatic N) is 2. The zero-order valence-corrected chi connectivity index (χ0v) is 15.9. The number of para-hydroxylation sites is 1. The maximum absolute atomic E-state index is 9.39. The van der Waals surface area contributed by atoms with Crippen molar-refractivity contribution >= 4 is 5.88 Å². The Balaban J connectivity index is 1.46. The summed E-state index contributed by atoms with van der Waals surface area (Å²) in [4.78, 5) is 4.29. The molecule has 1 aliphatic carbocycles. The fourth-order valence-electron chi connectivity index (χ4n) is 3.47. The molecule has 1 N–H and O–H groups in total. The number of ether oxygens (including phenoxy) is 1. The second-order valence-corrected chi connectivity index (χ2v) is 7.11. The van der Waals surface area contributed by atoms with Gasteiger partial charge in [0.15, 0.2) is 5.76 Å². The van der Waals surface area contributed by atoms with Gasteiger partial charge in [-0.15, -0.1) is 0 Å². The van der Waals surface area contributed by atoms with Gasteiger partial charge in [0.1, 0.15) is 24.2 Å². The van der Waals surface area contributed by atoms with Crippen LogP contribution in [-0.2, 0) is 6.61 Å². The average molecular weight is 377 g/mol. The molecule has 1 aromatic carbocycles. The summed E-state index contributed by atoms with van der Waals surface area (Å²) in [6.07, 6.45) is 5.83. The molecule has 4 rings (SSSR count). The number of aryl methyl sites for hydroxylation is 1. The molecular weight excluding hydrogens is 354 g/mol. The average Bonchev–Trinajstić information content (AvgIpc) is 3.35. The van der Waals surface area contributed by atoms with Crippen molar-refractivity contribution in [2.75, 3.05) is 5.32 Å². The number of nitriles is 1. The Hall–Kier alpha value is -3.20. The van der Waals surface area contributed by atoms with Crippen LogP contribution in [0.15, 0.2) is 45.2 Å². The first-order valence-electron chi connectivity index (χ1n) is 9.68. The zero-order valence-electron chi connectivity index (χ0n) is 15.9. The number of oxazole rings is 1. The van der Waals surface area contributed by atoms with E-state index in [0.29, 0.717) is 35.9 Å². The Morgan fingerprint density at radius 3 is 2.75 bits per heavy atom. The first kappa shape index (κ1) is 18.2. The van der Waals surface area contributed by atoms with Crippen LogP contribution in [0.5, 0.6) is 5.75 Å². The number of benzene rings is 1. The molecule has 0 radical (unpaired) electrons. The van der Waals surface area contributed by atoms with Crippen LogP contribution in [0.4, 0.5) is 5.88 Å². The molecule has 144 valence electrons. The number of anilines is 1. The lowest BCUT2D eigenvalue weighted by atomic mass is 9.95. The van der Waals surface area contributed by atoms with Crippen LogP contribution >= 0.6 is 0 Å². The van der Waals surface area contributed by atoms with Crippen LogP contribution in [0.1, 0.15) is 49.1 Å². The maximum atomic E-state index is 9.39. The van der Waals surface area contributed by atoms with E-state index in [-0.39, 0.29) is 5.69 Å². The molecular formula is C22H23N3O3. The van der Waals surface area contributed by atoms with Gasteiger partial charge in [-0.2, -0.15) is 10.2 Å². The van der Waals surface area contributed by atoms with Crippen molar-refractivity contribution < 1.29 is 13.6 Å². The molecule has 3 aromatic rings. The number of hydrogen-bond donors (Lipinski definition) is 1. The number of rotatable bonds is 6. The van der Waals surface area contributed by atoms with E-state index in [9.17, 15) is 5.26 Å². The SMILES string of the molecule is Cc1ccccc1OCc1ccc(-c2nc(C#N)c(NC3CCCCC3)o2)o1. The van der Waals surface area contributed by atoms with E-state index in [1.807, 2.05) is 37.3 Å². The first-order valence-corrected chi connectivity index (χ1v) is 9.68. The fraction of sp³-hybridized carbons (Fsp3) is 0.364. The summed E-state index contributed by atoms with van der Waals surface area (Å²) in [5.74, 6) is 2.70. The lowest BCUT2D eigenvalue weighted by Gasteiger charge is -2.22. The molecule has 0 aliphatic heterocycles. The van der Waals surface area contributed by atoms with Crippen LogP contribution in [0, 0.1) is 18.3 Å². The normalized spacial score (nSPS) is 14.6. The highest BCUT2D eigenvalue weighted by Gasteiger charge is 2.21. The van der Waals surface area contributed by atoms with Gasteiger partial charge in [-0.05, 0) is 43.5 Å². The lowest BCUT2D eigenvalue weighted by molar-refractivity contribution is 0.269. The summed E-state index contributed by atoms with van der Waals surface area (Å²) in [5.41, 5.74) is 1.33. The minimum Gasteiger partial charge on any atom is -0.485 e. The van der Waals surface area contributed by atoms with Gasteiger partial charge in [-0.3, -0.25) is 0 Å². The summed E-state index contributed by atoms with van der Waals surface area (Å²) in [6, 6.07) is 13.9. The molecule has 0 spiro atoms. The van der Waals surface area contributed by atoms with E-state index in [1.54, 1.807) is 6.07 Å².